The molecule has 2 aliphatic rings. The van der Waals surface area contributed by atoms with E-state index < -0.39 is 17.7 Å². The average Bonchev–Trinajstić information content (AvgIpc) is 2.74. The van der Waals surface area contributed by atoms with Crippen molar-refractivity contribution in [2.75, 3.05) is 19.6 Å². The van der Waals surface area contributed by atoms with Gasteiger partial charge in [-0.05, 0) is 20.8 Å². The maximum atomic E-state index is 12.0. The SMILES string of the molecule is CC(C)(C)[N+]1(C(=O)[O-])C[C@H]2C[N+](Cc3ccccc3)(C(=O)[O-])C[C@H]21. The topological polar surface area (TPSA) is 80.3 Å². The molecule has 2 fully saturated rings. The molecular weight excluding hydrogens is 308 g/mol. The quantitative estimate of drug-likeness (QED) is 0.731. The molecule has 3 rings (SSSR count). The van der Waals surface area contributed by atoms with E-state index in [2.05, 4.69) is 0 Å². The maximum absolute atomic E-state index is 12.0. The number of hydrogen-bond donors (Lipinski definition) is 0. The van der Waals surface area contributed by atoms with Gasteiger partial charge in [0.25, 0.3) is 12.2 Å². The predicted octanol–water partition coefficient (Wildman–Crippen LogP) is 0.317. The van der Waals surface area contributed by atoms with Crippen molar-refractivity contribution in [3.05, 3.63) is 35.9 Å². The molecule has 24 heavy (non-hydrogen) atoms. The molecule has 0 bridgehead atoms. The number of carbonyl (C=O) groups is 2. The highest BCUT2D eigenvalue weighted by Gasteiger charge is 2.70. The van der Waals surface area contributed by atoms with Crippen LogP contribution in [0.2, 0.25) is 0 Å². The Morgan fingerprint density at radius 3 is 2.17 bits per heavy atom. The van der Waals surface area contributed by atoms with Gasteiger partial charge in [-0.25, -0.2) is 0 Å². The molecule has 0 N–H and O–H groups in total. The van der Waals surface area contributed by atoms with Gasteiger partial charge in [-0.3, -0.25) is 8.97 Å². The van der Waals surface area contributed by atoms with Gasteiger partial charge >= 0.3 is 0 Å². The Kier molecular flexibility index (Phi) is 3.73. The zero-order chi connectivity index (χ0) is 17.8. The third kappa shape index (κ3) is 2.24. The van der Waals surface area contributed by atoms with E-state index in [9.17, 15) is 19.8 Å². The van der Waals surface area contributed by atoms with Crippen LogP contribution in [0.25, 0.3) is 0 Å². The van der Waals surface area contributed by atoms with Crippen LogP contribution < -0.4 is 10.2 Å². The Bertz CT molecular complexity index is 669. The van der Waals surface area contributed by atoms with Crippen molar-refractivity contribution in [2.45, 2.75) is 38.9 Å². The van der Waals surface area contributed by atoms with E-state index in [1.165, 1.54) is 0 Å². The van der Waals surface area contributed by atoms with Crippen molar-refractivity contribution in [3.63, 3.8) is 0 Å². The van der Waals surface area contributed by atoms with Crippen LogP contribution in [0.1, 0.15) is 26.3 Å². The second-order valence-corrected chi connectivity index (χ2v) is 8.24. The van der Waals surface area contributed by atoms with E-state index in [0.717, 1.165) is 5.56 Å². The van der Waals surface area contributed by atoms with Crippen molar-refractivity contribution in [2.24, 2.45) is 5.92 Å². The van der Waals surface area contributed by atoms with Crippen LogP contribution in [0, 0.1) is 5.92 Å². The summed E-state index contributed by atoms with van der Waals surface area (Å²) in [5, 5.41) is 23.9. The zero-order valence-electron chi connectivity index (χ0n) is 14.4. The van der Waals surface area contributed by atoms with Crippen LogP contribution >= 0.6 is 0 Å². The van der Waals surface area contributed by atoms with Crippen LogP contribution in [0.15, 0.2) is 30.3 Å². The number of rotatable bonds is 2. The second kappa shape index (κ2) is 5.29. The van der Waals surface area contributed by atoms with Crippen LogP contribution in [-0.2, 0) is 6.54 Å². The van der Waals surface area contributed by atoms with Crippen LogP contribution in [-0.4, -0.2) is 52.4 Å². The Labute approximate surface area is 142 Å². The van der Waals surface area contributed by atoms with E-state index in [4.69, 9.17) is 0 Å². The van der Waals surface area contributed by atoms with Crippen molar-refractivity contribution >= 4 is 12.2 Å². The van der Waals surface area contributed by atoms with Crippen molar-refractivity contribution < 1.29 is 28.8 Å². The molecule has 0 aromatic heterocycles. The molecule has 2 unspecified atom stereocenters. The van der Waals surface area contributed by atoms with Gasteiger partial charge in [0, 0.05) is 5.56 Å². The first-order valence-electron chi connectivity index (χ1n) is 8.33. The Hall–Kier alpha value is -1.92. The third-order valence-electron chi connectivity index (χ3n) is 5.99. The monoisotopic (exact) mass is 332 g/mol. The maximum Gasteiger partial charge on any atom is 0.258 e. The highest BCUT2D eigenvalue weighted by Crippen LogP contribution is 2.48. The first kappa shape index (κ1) is 16.9. The van der Waals surface area contributed by atoms with Gasteiger partial charge in [-0.1, -0.05) is 30.3 Å². The average molecular weight is 332 g/mol. The predicted molar refractivity (Wildman–Crippen MR) is 83.1 cm³/mol. The molecule has 6 nitrogen and oxygen atoms in total. The molecule has 0 radical (unpaired) electrons. The standard InChI is InChI=1S/C18H24N2O4/c1-18(2,3)20(17(23)24)11-14-10-19(16(21)22,12-15(14)20)9-13-7-5-4-6-8-13/h4-8,14-15H,9-12H2,1-3H3/t14-,15-,19?,20?/m1/s1. The summed E-state index contributed by atoms with van der Waals surface area (Å²) in [6, 6.07) is 9.20. The van der Waals surface area contributed by atoms with Crippen molar-refractivity contribution in [3.8, 4) is 0 Å². The first-order valence-corrected chi connectivity index (χ1v) is 8.33. The number of likely N-dealkylation sites (tertiary alicyclic amines) is 2. The Morgan fingerprint density at radius 1 is 1.04 bits per heavy atom. The summed E-state index contributed by atoms with van der Waals surface area (Å²) in [4.78, 5) is 23.9. The van der Waals surface area contributed by atoms with Gasteiger partial charge in [0.1, 0.15) is 19.0 Å². The molecule has 0 saturated carbocycles. The molecule has 1 aromatic rings. The summed E-state index contributed by atoms with van der Waals surface area (Å²) in [5.41, 5.74) is 0.392. The lowest BCUT2D eigenvalue weighted by Gasteiger charge is -2.59. The summed E-state index contributed by atoms with van der Waals surface area (Å²) in [7, 11) is 0. The van der Waals surface area contributed by atoms with Crippen molar-refractivity contribution in [1.29, 1.82) is 0 Å². The number of amides is 2. The summed E-state index contributed by atoms with van der Waals surface area (Å²) in [5.74, 6) is 0.0729. The summed E-state index contributed by atoms with van der Waals surface area (Å²) >= 11 is 0. The smallest absolute Gasteiger partial charge is 0.258 e. The lowest BCUT2D eigenvalue weighted by Crippen LogP contribution is -2.82. The molecule has 0 aliphatic carbocycles. The highest BCUT2D eigenvalue weighted by atomic mass is 16.4. The summed E-state index contributed by atoms with van der Waals surface area (Å²) < 4.78 is -0.373. The van der Waals surface area contributed by atoms with Crippen LogP contribution in [0.4, 0.5) is 9.59 Å². The van der Waals surface area contributed by atoms with E-state index >= 15 is 0 Å². The van der Waals surface area contributed by atoms with E-state index in [1.807, 2.05) is 51.1 Å². The molecule has 6 heteroatoms. The van der Waals surface area contributed by atoms with Gasteiger partial charge in [-0.2, -0.15) is 0 Å². The Balaban J connectivity index is 1.92. The van der Waals surface area contributed by atoms with Crippen molar-refractivity contribution in [1.82, 2.24) is 0 Å². The molecule has 2 heterocycles. The summed E-state index contributed by atoms with van der Waals surface area (Å²) in [6.45, 7) is 7.08. The number of fused-ring (bicyclic) bond motifs is 1. The number of hydrogen-bond acceptors (Lipinski definition) is 4. The van der Waals surface area contributed by atoms with E-state index in [-0.39, 0.29) is 27.5 Å². The lowest BCUT2D eigenvalue weighted by atomic mass is 9.81. The largest absolute Gasteiger partial charge is 0.498 e. The summed E-state index contributed by atoms with van der Waals surface area (Å²) in [6.07, 6.45) is -2.24. The van der Waals surface area contributed by atoms with Gasteiger partial charge in [0.15, 0.2) is 6.04 Å². The minimum absolute atomic E-state index is 0.0729. The van der Waals surface area contributed by atoms with Crippen LogP contribution in [0.5, 0.6) is 0 Å². The minimum atomic E-state index is -1.13. The van der Waals surface area contributed by atoms with Crippen LogP contribution in [0.3, 0.4) is 0 Å². The van der Waals surface area contributed by atoms with Gasteiger partial charge in [-0.15, -0.1) is 0 Å². The van der Waals surface area contributed by atoms with E-state index in [0.29, 0.717) is 19.6 Å². The number of carbonyl (C=O) groups excluding carboxylic acids is 2. The second-order valence-electron chi connectivity index (χ2n) is 8.24. The van der Waals surface area contributed by atoms with Gasteiger partial charge in [0.2, 0.25) is 0 Å². The zero-order valence-corrected chi connectivity index (χ0v) is 14.4. The third-order valence-corrected chi connectivity index (χ3v) is 5.99. The molecule has 2 aliphatic heterocycles. The minimum Gasteiger partial charge on any atom is -0.498 e. The fourth-order valence-corrected chi connectivity index (χ4v) is 4.73. The Morgan fingerprint density at radius 2 is 1.67 bits per heavy atom. The van der Waals surface area contributed by atoms with Gasteiger partial charge < -0.3 is 19.8 Å². The number of nitrogens with zero attached hydrogens (tertiary/aromatic N) is 2. The number of benzene rings is 1. The van der Waals surface area contributed by atoms with E-state index in [1.54, 1.807) is 0 Å². The lowest BCUT2D eigenvalue weighted by molar-refractivity contribution is -0.989. The first-order chi connectivity index (χ1) is 11.1. The molecule has 4 atom stereocenters. The molecular formula is C18H24N2O4. The number of carboxylic acid groups (broad SMARTS) is 2. The molecule has 0 spiro atoms. The fraction of sp³-hybridized carbons (Fsp3) is 0.556. The molecule has 2 saturated heterocycles. The highest BCUT2D eigenvalue weighted by molar-refractivity contribution is 5.58. The molecule has 2 amide bonds. The molecule has 130 valence electrons. The normalized spacial score (nSPS) is 35.1. The molecule has 1 aromatic carbocycles. The van der Waals surface area contributed by atoms with Gasteiger partial charge in [0.05, 0.1) is 18.6 Å². The fourth-order valence-electron chi connectivity index (χ4n) is 4.73. The number of quaternary nitrogens is 2.